The van der Waals surface area contributed by atoms with Crippen LogP contribution in [0.5, 0.6) is 5.75 Å². The average Bonchev–Trinajstić information content (AvgIpc) is 2.52. The summed E-state index contributed by atoms with van der Waals surface area (Å²) >= 11 is 2.18. The molecule has 0 unspecified atom stereocenters. The number of carboxylic acids is 1. The molecule has 126 valence electrons. The molecule has 0 spiro atoms. The van der Waals surface area contributed by atoms with Crippen LogP contribution < -0.4 is 16.4 Å². The molecule has 2 atom stereocenters. The van der Waals surface area contributed by atoms with Gasteiger partial charge in [-0.1, -0.05) is 0 Å². The summed E-state index contributed by atoms with van der Waals surface area (Å²) in [7, 11) is 0. The molecule has 0 aliphatic heterocycles. The Labute approximate surface area is 141 Å². The molecule has 1 aromatic carbocycles. The number of hydrogen-bond donors (Lipinski definition) is 5. The van der Waals surface area contributed by atoms with E-state index in [1.54, 1.807) is 12.1 Å². The number of aromatic hydroxyl groups is 1. The second-order valence-corrected chi connectivity index (χ2v) is 5.60. The zero-order valence-electron chi connectivity index (χ0n) is 12.2. The maximum absolute atomic E-state index is 12.1. The normalized spacial score (nSPS) is 13.0. The molecule has 0 aliphatic rings. The van der Waals surface area contributed by atoms with Gasteiger partial charge < -0.3 is 0 Å². The molecule has 8 nitrogen and oxygen atoms in total. The van der Waals surface area contributed by atoms with Crippen LogP contribution in [0.1, 0.15) is 5.56 Å². The molecule has 0 saturated heterocycles. The van der Waals surface area contributed by atoms with Crippen LogP contribution in [0.4, 0.5) is 0 Å². The first kappa shape index (κ1) is 19.0. The van der Waals surface area contributed by atoms with Crippen LogP contribution in [-0.2, 0) is 20.8 Å². The van der Waals surface area contributed by atoms with Crippen molar-refractivity contribution in [3.05, 3.63) is 29.8 Å². The monoisotopic (exact) mass is 389 g/mol. The Morgan fingerprint density at radius 3 is 2.30 bits per heavy atom. The number of carbonyl (C=O) groups excluding carboxylic acids is 2. The topological polar surface area (TPSA) is 142 Å². The first-order valence-electron chi connectivity index (χ1n) is 6.77. The molecule has 6 N–H and O–H groups in total. The average molecular weight is 388 g/mol. The van der Waals surface area contributed by atoms with E-state index in [1.807, 2.05) is 0 Å². The summed E-state index contributed by atoms with van der Waals surface area (Å²) < 4.78 is 0. The second-order valence-electron chi connectivity index (χ2n) is 4.83. The van der Waals surface area contributed by atoms with E-state index in [0.29, 0.717) is 10.9 Å². The molecule has 1 rings (SSSR count). The summed E-state index contributed by atoms with van der Waals surface area (Å²) in [5.41, 5.74) is 6.31. The molecule has 9 heteroatoms. The number of carboxylic acid groups (broad SMARTS) is 1. The van der Waals surface area contributed by atoms with Crippen LogP contribution in [0.2, 0.25) is 5.32 Å². The molecule has 23 heavy (non-hydrogen) atoms. The van der Waals surface area contributed by atoms with Gasteiger partial charge in [-0.25, -0.2) is 0 Å². The maximum atomic E-state index is 12.1. The third-order valence-corrected chi connectivity index (χ3v) is 3.78. The van der Waals surface area contributed by atoms with E-state index >= 15 is 0 Å². The van der Waals surface area contributed by atoms with E-state index in [-0.39, 0.29) is 12.2 Å². The summed E-state index contributed by atoms with van der Waals surface area (Å²) in [6.07, 6.45) is 0.142. The Kier molecular flexibility index (Phi) is 7.53. The van der Waals surface area contributed by atoms with Gasteiger partial charge in [-0.15, -0.1) is 0 Å². The van der Waals surface area contributed by atoms with Crippen molar-refractivity contribution >= 4 is 33.8 Å². The standard InChI is InChI=1S/C14H19N3O5Se/c15-10(7-23)13(21)17-11(14(22)16-6-12(19)20)5-8-1-3-9(18)4-2-8/h1-4,10-11,18,23H,5-7,15H2,(H,16,22)(H,17,21)(H,19,20)/t10-,11-/m0/s1. The summed E-state index contributed by atoms with van der Waals surface area (Å²) in [6.45, 7) is -0.544. The predicted octanol–water partition coefficient (Wildman–Crippen LogP) is -1.73. The van der Waals surface area contributed by atoms with E-state index in [1.165, 1.54) is 12.1 Å². The summed E-state index contributed by atoms with van der Waals surface area (Å²) in [5.74, 6) is -2.22. The molecular formula is C14H19N3O5Se. The fourth-order valence-corrected chi connectivity index (χ4v) is 2.07. The molecule has 0 fully saturated rings. The van der Waals surface area contributed by atoms with Gasteiger partial charge in [0.15, 0.2) is 0 Å². The first-order valence-corrected chi connectivity index (χ1v) is 8.10. The van der Waals surface area contributed by atoms with Crippen LogP contribution >= 0.6 is 0 Å². The van der Waals surface area contributed by atoms with Gasteiger partial charge in [-0.3, -0.25) is 0 Å². The van der Waals surface area contributed by atoms with Gasteiger partial charge in [-0.05, 0) is 0 Å². The van der Waals surface area contributed by atoms with Crippen LogP contribution in [0.15, 0.2) is 24.3 Å². The van der Waals surface area contributed by atoms with Gasteiger partial charge >= 0.3 is 141 Å². The van der Waals surface area contributed by atoms with Gasteiger partial charge in [0.05, 0.1) is 0 Å². The molecule has 0 saturated carbocycles. The minimum atomic E-state index is -1.18. The molecule has 1 aromatic rings. The third kappa shape index (κ3) is 6.68. The van der Waals surface area contributed by atoms with Crippen molar-refractivity contribution in [2.24, 2.45) is 5.73 Å². The Bertz CT molecular complexity index is 564. The Balaban J connectivity index is 2.82. The van der Waals surface area contributed by atoms with E-state index in [0.717, 1.165) is 0 Å². The molecule has 0 heterocycles. The SMILES string of the molecule is N[C@@H](C[SeH])C(=O)N[C@@H](Cc1ccc(O)cc1)C(=O)NCC(=O)O. The van der Waals surface area contributed by atoms with Gasteiger partial charge in [0.2, 0.25) is 0 Å². The van der Waals surface area contributed by atoms with Crippen LogP contribution in [0, 0.1) is 0 Å². The van der Waals surface area contributed by atoms with Crippen molar-refractivity contribution in [1.29, 1.82) is 0 Å². The summed E-state index contributed by atoms with van der Waals surface area (Å²) in [5, 5.41) is 23.0. The van der Waals surface area contributed by atoms with Gasteiger partial charge in [0.1, 0.15) is 0 Å². The molecule has 0 radical (unpaired) electrons. The van der Waals surface area contributed by atoms with Gasteiger partial charge in [0.25, 0.3) is 0 Å². The van der Waals surface area contributed by atoms with Gasteiger partial charge in [-0.2, -0.15) is 0 Å². The number of rotatable bonds is 8. The van der Waals surface area contributed by atoms with Gasteiger partial charge in [0, 0.05) is 0 Å². The number of amides is 2. The first-order chi connectivity index (χ1) is 10.8. The number of carbonyl (C=O) groups is 3. The van der Waals surface area contributed by atoms with Crippen molar-refractivity contribution in [3.63, 3.8) is 0 Å². The number of hydrogen-bond acceptors (Lipinski definition) is 5. The third-order valence-electron chi connectivity index (χ3n) is 2.96. The number of benzene rings is 1. The fraction of sp³-hybridized carbons (Fsp3) is 0.357. The van der Waals surface area contributed by atoms with Crippen molar-refractivity contribution in [3.8, 4) is 5.75 Å². The van der Waals surface area contributed by atoms with Crippen LogP contribution in [-0.4, -0.2) is 62.6 Å². The Morgan fingerprint density at radius 2 is 1.78 bits per heavy atom. The van der Waals surface area contributed by atoms with E-state index in [9.17, 15) is 19.5 Å². The summed E-state index contributed by atoms with van der Waals surface area (Å²) in [4.78, 5) is 34.5. The zero-order valence-corrected chi connectivity index (χ0v) is 14.1. The van der Waals surface area contributed by atoms with Crippen molar-refractivity contribution < 1.29 is 24.6 Å². The quantitative estimate of drug-likeness (QED) is 0.335. The van der Waals surface area contributed by atoms with Crippen molar-refractivity contribution in [2.75, 3.05) is 6.54 Å². The van der Waals surface area contributed by atoms with Crippen molar-refractivity contribution in [2.45, 2.75) is 23.8 Å². The number of phenolic OH excluding ortho intramolecular Hbond substituents is 1. The van der Waals surface area contributed by atoms with Crippen LogP contribution in [0.25, 0.3) is 0 Å². The fourth-order valence-electron chi connectivity index (χ4n) is 1.72. The van der Waals surface area contributed by atoms with E-state index in [4.69, 9.17) is 10.8 Å². The number of nitrogens with two attached hydrogens (primary N) is 1. The summed E-state index contributed by atoms with van der Waals surface area (Å²) in [6, 6.07) is 4.39. The zero-order chi connectivity index (χ0) is 17.4. The Hall–Kier alpha value is -2.09. The minimum absolute atomic E-state index is 0.0791. The molecule has 0 aromatic heterocycles. The Morgan fingerprint density at radius 1 is 1.17 bits per heavy atom. The van der Waals surface area contributed by atoms with E-state index in [2.05, 4.69) is 26.6 Å². The van der Waals surface area contributed by atoms with E-state index < -0.39 is 36.4 Å². The number of nitrogens with one attached hydrogen (secondary N) is 2. The number of phenols is 1. The molecule has 2 amide bonds. The second kappa shape index (κ2) is 9.14. The molecule has 0 aliphatic carbocycles. The molecule has 0 bridgehead atoms. The van der Waals surface area contributed by atoms with Crippen molar-refractivity contribution in [1.82, 2.24) is 10.6 Å². The molecular weight excluding hydrogens is 369 g/mol. The van der Waals surface area contributed by atoms with Crippen LogP contribution in [0.3, 0.4) is 0 Å². The predicted molar refractivity (Wildman–Crippen MR) is 84.3 cm³/mol. The number of aliphatic carboxylic acids is 1.